The summed E-state index contributed by atoms with van der Waals surface area (Å²) in [5.74, 6) is 0.494. The SMILES string of the molecule is CCc1nn(C)c(CC)c1CN=C(N)NCCc1ccccc1. The maximum absolute atomic E-state index is 5.99. The molecule has 5 nitrogen and oxygen atoms in total. The molecular formula is C18H27N5. The molecule has 0 fully saturated rings. The highest BCUT2D eigenvalue weighted by Crippen LogP contribution is 2.16. The number of aliphatic imine (C=N–C) groups is 1. The first-order valence-electron chi connectivity index (χ1n) is 8.27. The van der Waals surface area contributed by atoms with Crippen molar-refractivity contribution in [3.8, 4) is 0 Å². The first-order valence-corrected chi connectivity index (χ1v) is 8.27. The van der Waals surface area contributed by atoms with Crippen molar-refractivity contribution in [1.82, 2.24) is 15.1 Å². The molecule has 2 rings (SSSR count). The van der Waals surface area contributed by atoms with Crippen LogP contribution in [0.4, 0.5) is 0 Å². The molecule has 0 amide bonds. The topological polar surface area (TPSA) is 68.2 Å². The van der Waals surface area contributed by atoms with E-state index >= 15 is 0 Å². The van der Waals surface area contributed by atoms with Gasteiger partial charge in [-0.25, -0.2) is 4.99 Å². The summed E-state index contributed by atoms with van der Waals surface area (Å²) in [5.41, 5.74) is 10.8. The molecule has 0 aliphatic rings. The zero-order valence-corrected chi connectivity index (χ0v) is 14.3. The number of aryl methyl sites for hydroxylation is 2. The van der Waals surface area contributed by atoms with Crippen LogP contribution in [0.1, 0.15) is 36.4 Å². The summed E-state index contributed by atoms with van der Waals surface area (Å²) in [7, 11) is 1.99. The first kappa shape index (κ1) is 17.1. The van der Waals surface area contributed by atoms with Gasteiger partial charge in [-0.3, -0.25) is 4.68 Å². The number of benzene rings is 1. The van der Waals surface area contributed by atoms with E-state index in [1.807, 2.05) is 29.9 Å². The van der Waals surface area contributed by atoms with Gasteiger partial charge in [0.2, 0.25) is 0 Å². The molecule has 0 spiro atoms. The molecule has 0 aliphatic carbocycles. The zero-order chi connectivity index (χ0) is 16.7. The van der Waals surface area contributed by atoms with E-state index in [0.29, 0.717) is 12.5 Å². The van der Waals surface area contributed by atoms with E-state index in [-0.39, 0.29) is 0 Å². The van der Waals surface area contributed by atoms with Crippen LogP contribution in [0.25, 0.3) is 0 Å². The smallest absolute Gasteiger partial charge is 0.188 e. The molecule has 1 aromatic carbocycles. The summed E-state index contributed by atoms with van der Waals surface area (Å²) in [6, 6.07) is 10.4. The molecule has 23 heavy (non-hydrogen) atoms. The molecule has 0 aliphatic heterocycles. The maximum Gasteiger partial charge on any atom is 0.188 e. The molecule has 0 atom stereocenters. The van der Waals surface area contributed by atoms with Crippen molar-refractivity contribution in [3.05, 3.63) is 52.8 Å². The van der Waals surface area contributed by atoms with Gasteiger partial charge in [-0.05, 0) is 24.8 Å². The lowest BCUT2D eigenvalue weighted by Crippen LogP contribution is -2.33. The molecular weight excluding hydrogens is 286 g/mol. The van der Waals surface area contributed by atoms with Gasteiger partial charge < -0.3 is 11.1 Å². The molecule has 0 radical (unpaired) electrons. The molecule has 124 valence electrons. The summed E-state index contributed by atoms with van der Waals surface area (Å²) in [6.07, 6.45) is 2.81. The highest BCUT2D eigenvalue weighted by Gasteiger charge is 2.12. The average molecular weight is 313 g/mol. The molecule has 0 saturated heterocycles. The van der Waals surface area contributed by atoms with Gasteiger partial charge in [0.1, 0.15) is 0 Å². The molecule has 2 aromatic rings. The Bertz CT molecular complexity index is 643. The lowest BCUT2D eigenvalue weighted by atomic mass is 10.1. The monoisotopic (exact) mass is 313 g/mol. The number of aromatic nitrogens is 2. The Hall–Kier alpha value is -2.30. The lowest BCUT2D eigenvalue weighted by Gasteiger charge is -2.07. The molecule has 5 heteroatoms. The average Bonchev–Trinajstić information content (AvgIpc) is 2.88. The fraction of sp³-hybridized carbons (Fsp3) is 0.444. The number of guanidine groups is 1. The number of nitrogens with two attached hydrogens (primary N) is 1. The van der Waals surface area contributed by atoms with E-state index in [2.05, 4.69) is 41.4 Å². The van der Waals surface area contributed by atoms with Crippen molar-refractivity contribution in [3.63, 3.8) is 0 Å². The standard InChI is InChI=1S/C18H27N5/c1-4-16-15(17(5-2)23(3)22-16)13-21-18(19)20-12-11-14-9-7-6-8-10-14/h6-10H,4-5,11-13H2,1-3H3,(H3,19,20,21). The predicted molar refractivity (Wildman–Crippen MR) is 95.4 cm³/mol. The third-order valence-corrected chi connectivity index (χ3v) is 4.00. The van der Waals surface area contributed by atoms with Crippen LogP contribution >= 0.6 is 0 Å². The van der Waals surface area contributed by atoms with E-state index in [9.17, 15) is 0 Å². The second-order valence-corrected chi connectivity index (χ2v) is 5.57. The molecule has 1 heterocycles. The van der Waals surface area contributed by atoms with E-state index in [4.69, 9.17) is 5.73 Å². The Kier molecular flexibility index (Phi) is 6.20. The number of rotatable bonds is 7. The Labute approximate surface area is 138 Å². The minimum atomic E-state index is 0.494. The minimum Gasteiger partial charge on any atom is -0.370 e. The van der Waals surface area contributed by atoms with Crippen molar-refractivity contribution in [2.75, 3.05) is 6.54 Å². The quantitative estimate of drug-likeness (QED) is 0.608. The molecule has 0 bridgehead atoms. The highest BCUT2D eigenvalue weighted by atomic mass is 15.3. The summed E-state index contributed by atoms with van der Waals surface area (Å²) in [5, 5.41) is 7.75. The van der Waals surface area contributed by atoms with Crippen LogP contribution in [0.2, 0.25) is 0 Å². The minimum absolute atomic E-state index is 0.494. The van der Waals surface area contributed by atoms with Gasteiger partial charge in [0, 0.05) is 24.8 Å². The van der Waals surface area contributed by atoms with Gasteiger partial charge in [0.15, 0.2) is 5.96 Å². The molecule has 1 aromatic heterocycles. The number of hydrogen-bond donors (Lipinski definition) is 2. The third kappa shape index (κ3) is 4.58. The number of nitrogens with one attached hydrogen (secondary N) is 1. The van der Waals surface area contributed by atoms with Crippen LogP contribution in [0.3, 0.4) is 0 Å². The van der Waals surface area contributed by atoms with E-state index in [0.717, 1.165) is 31.5 Å². The summed E-state index contributed by atoms with van der Waals surface area (Å²) in [6.45, 7) is 5.64. The lowest BCUT2D eigenvalue weighted by molar-refractivity contribution is 0.703. The van der Waals surface area contributed by atoms with Crippen LogP contribution < -0.4 is 11.1 Å². The molecule has 3 N–H and O–H groups in total. The Morgan fingerprint density at radius 3 is 2.61 bits per heavy atom. The Morgan fingerprint density at radius 1 is 1.22 bits per heavy atom. The van der Waals surface area contributed by atoms with Crippen molar-refractivity contribution >= 4 is 5.96 Å². The van der Waals surface area contributed by atoms with Crippen LogP contribution in [-0.4, -0.2) is 22.3 Å². The highest BCUT2D eigenvalue weighted by molar-refractivity contribution is 5.77. The van der Waals surface area contributed by atoms with Crippen molar-refractivity contribution < 1.29 is 0 Å². The zero-order valence-electron chi connectivity index (χ0n) is 14.3. The predicted octanol–water partition coefficient (Wildman–Crippen LogP) is 2.19. The Morgan fingerprint density at radius 2 is 1.96 bits per heavy atom. The van der Waals surface area contributed by atoms with Crippen molar-refractivity contribution in [1.29, 1.82) is 0 Å². The summed E-state index contributed by atoms with van der Waals surface area (Å²) >= 11 is 0. The van der Waals surface area contributed by atoms with E-state index in [1.165, 1.54) is 16.8 Å². The first-order chi connectivity index (χ1) is 11.2. The van der Waals surface area contributed by atoms with Crippen molar-refractivity contribution in [2.45, 2.75) is 39.7 Å². The third-order valence-electron chi connectivity index (χ3n) is 4.00. The normalized spacial score (nSPS) is 11.7. The molecule has 0 unspecified atom stereocenters. The number of hydrogen-bond acceptors (Lipinski definition) is 2. The Balaban J connectivity index is 1.92. The van der Waals surface area contributed by atoms with Gasteiger partial charge in [-0.15, -0.1) is 0 Å². The van der Waals surface area contributed by atoms with Crippen LogP contribution in [0.5, 0.6) is 0 Å². The fourth-order valence-corrected chi connectivity index (χ4v) is 2.77. The van der Waals surface area contributed by atoms with E-state index < -0.39 is 0 Å². The van der Waals surface area contributed by atoms with Crippen LogP contribution in [0.15, 0.2) is 35.3 Å². The van der Waals surface area contributed by atoms with Crippen molar-refractivity contribution in [2.24, 2.45) is 17.8 Å². The van der Waals surface area contributed by atoms with Gasteiger partial charge in [-0.2, -0.15) is 5.10 Å². The summed E-state index contributed by atoms with van der Waals surface area (Å²) < 4.78 is 1.96. The summed E-state index contributed by atoms with van der Waals surface area (Å²) in [4.78, 5) is 4.49. The largest absolute Gasteiger partial charge is 0.370 e. The fourth-order valence-electron chi connectivity index (χ4n) is 2.77. The second kappa shape index (κ2) is 8.36. The van der Waals surface area contributed by atoms with Crippen LogP contribution in [0, 0.1) is 0 Å². The second-order valence-electron chi connectivity index (χ2n) is 5.57. The van der Waals surface area contributed by atoms with Crippen LogP contribution in [-0.2, 0) is 32.9 Å². The van der Waals surface area contributed by atoms with E-state index in [1.54, 1.807) is 0 Å². The molecule has 0 saturated carbocycles. The van der Waals surface area contributed by atoms with Gasteiger partial charge in [-0.1, -0.05) is 44.2 Å². The maximum atomic E-state index is 5.99. The number of nitrogens with zero attached hydrogens (tertiary/aromatic N) is 3. The van der Waals surface area contributed by atoms with Gasteiger partial charge in [0.05, 0.1) is 12.2 Å². The van der Waals surface area contributed by atoms with Gasteiger partial charge >= 0.3 is 0 Å². The van der Waals surface area contributed by atoms with Gasteiger partial charge in [0.25, 0.3) is 0 Å².